The minimum Gasteiger partial charge on any atom is -0.389 e. The normalized spacial score (nSPS) is 11.2. The van der Waals surface area contributed by atoms with Crippen molar-refractivity contribution in [2.45, 2.75) is 33.1 Å². The van der Waals surface area contributed by atoms with Gasteiger partial charge in [0.2, 0.25) is 0 Å². The molecule has 3 aromatic carbocycles. The number of carbonyl (C=O) groups excluding carboxylic acids is 2. The third-order valence-electron chi connectivity index (χ3n) is 4.96. The van der Waals surface area contributed by atoms with Crippen LogP contribution in [0.4, 0.5) is 0 Å². The lowest BCUT2D eigenvalue weighted by molar-refractivity contribution is -0.125. The number of aliphatic hydroxyl groups excluding tert-OH is 1. The fourth-order valence-corrected chi connectivity index (χ4v) is 3.35. The molecule has 0 aromatic heterocycles. The molecule has 3 rings (SSSR count). The van der Waals surface area contributed by atoms with Crippen LogP contribution in [0.2, 0.25) is 0 Å². The lowest BCUT2D eigenvalue weighted by Gasteiger charge is -2.08. The maximum atomic E-state index is 12.1. The Bertz CT molecular complexity index is 948. The van der Waals surface area contributed by atoms with Crippen LogP contribution in [-0.4, -0.2) is 23.3 Å². The first-order valence-corrected chi connectivity index (χ1v) is 11.3. The molecule has 0 bridgehead atoms. The Labute approximate surface area is 193 Å². The number of aryl methyl sites for hydroxylation is 1. The number of benzene rings is 3. The van der Waals surface area contributed by atoms with Crippen molar-refractivity contribution in [1.29, 1.82) is 0 Å². The Balaban J connectivity index is 0.000000316. The van der Waals surface area contributed by atoms with Gasteiger partial charge in [-0.1, -0.05) is 103 Å². The van der Waals surface area contributed by atoms with E-state index in [2.05, 4.69) is 53.2 Å². The van der Waals surface area contributed by atoms with Gasteiger partial charge in [0.1, 0.15) is 6.61 Å². The van der Waals surface area contributed by atoms with Crippen molar-refractivity contribution in [3.8, 4) is 11.1 Å². The Morgan fingerprint density at radius 3 is 1.94 bits per heavy atom. The van der Waals surface area contributed by atoms with Gasteiger partial charge in [-0.25, -0.2) is 0 Å². The number of aliphatic hydroxyl groups is 1. The summed E-state index contributed by atoms with van der Waals surface area (Å²) in [6.45, 7) is 3.34. The highest BCUT2D eigenvalue weighted by Crippen LogP contribution is 2.23. The zero-order valence-corrected chi connectivity index (χ0v) is 19.6. The number of Topliss-reactive ketones (excluding diaryl/α,β-unsaturated/α-hetero) is 2. The fraction of sp³-hybridized carbons (Fsp3) is 0.259. The standard InChI is InChI=1S/C18H17BrO3.C9H12/c1-12(18(22)11-20)10-17(21)15-4-2-13(3-5-15)14-6-8-16(19)9-7-14;1-2-6-9-7-4-3-5-8-9/h2-9,12,20H,10-11H2,1H3;3-5,7-8H,2,6H2,1H3/t12-;/m0./s1. The molecule has 1 N–H and O–H groups in total. The minimum atomic E-state index is -0.517. The summed E-state index contributed by atoms with van der Waals surface area (Å²) in [5, 5.41) is 8.81. The Morgan fingerprint density at radius 2 is 1.42 bits per heavy atom. The van der Waals surface area contributed by atoms with Crippen molar-refractivity contribution in [3.05, 3.63) is 94.5 Å². The maximum absolute atomic E-state index is 12.1. The molecular formula is C27H29BrO3. The molecule has 0 aliphatic heterocycles. The maximum Gasteiger partial charge on any atom is 0.163 e. The second-order valence-corrected chi connectivity index (χ2v) is 8.39. The van der Waals surface area contributed by atoms with Crippen molar-refractivity contribution in [2.24, 2.45) is 5.92 Å². The van der Waals surface area contributed by atoms with Gasteiger partial charge in [0.15, 0.2) is 11.6 Å². The Kier molecular flexibility index (Phi) is 10.3. The summed E-state index contributed by atoms with van der Waals surface area (Å²) in [6, 6.07) is 25.9. The summed E-state index contributed by atoms with van der Waals surface area (Å²) < 4.78 is 1.02. The van der Waals surface area contributed by atoms with Gasteiger partial charge >= 0.3 is 0 Å². The number of halogens is 1. The van der Waals surface area contributed by atoms with Gasteiger partial charge in [-0.3, -0.25) is 9.59 Å². The third kappa shape index (κ3) is 8.23. The van der Waals surface area contributed by atoms with E-state index >= 15 is 0 Å². The van der Waals surface area contributed by atoms with E-state index < -0.39 is 12.5 Å². The van der Waals surface area contributed by atoms with Crippen LogP contribution >= 0.6 is 15.9 Å². The van der Waals surface area contributed by atoms with Gasteiger partial charge in [-0.2, -0.15) is 0 Å². The summed E-state index contributed by atoms with van der Waals surface area (Å²) in [5.74, 6) is -0.847. The number of hydrogen-bond acceptors (Lipinski definition) is 3. The van der Waals surface area contributed by atoms with Crippen molar-refractivity contribution < 1.29 is 14.7 Å². The molecule has 0 fully saturated rings. The highest BCUT2D eigenvalue weighted by atomic mass is 79.9. The SMILES string of the molecule is CCCc1ccccc1.C[C@@H](CC(=O)c1ccc(-c2ccc(Br)cc2)cc1)C(=O)CO. The lowest BCUT2D eigenvalue weighted by Crippen LogP contribution is -2.18. The van der Waals surface area contributed by atoms with Crippen molar-refractivity contribution in [2.75, 3.05) is 6.61 Å². The number of carbonyl (C=O) groups is 2. The molecule has 0 aliphatic rings. The first-order valence-electron chi connectivity index (χ1n) is 10.5. The zero-order valence-electron chi connectivity index (χ0n) is 18.1. The molecule has 0 aliphatic carbocycles. The molecule has 0 heterocycles. The average Bonchev–Trinajstić information content (AvgIpc) is 2.80. The quantitative estimate of drug-likeness (QED) is 0.373. The Hall–Kier alpha value is -2.56. The van der Waals surface area contributed by atoms with Crippen LogP contribution in [0, 0.1) is 5.92 Å². The molecule has 0 saturated carbocycles. The topological polar surface area (TPSA) is 54.4 Å². The molecule has 0 radical (unpaired) electrons. The van der Waals surface area contributed by atoms with Gasteiger partial charge in [0, 0.05) is 22.4 Å². The summed E-state index contributed by atoms with van der Waals surface area (Å²) in [6.07, 6.45) is 2.57. The molecule has 3 nitrogen and oxygen atoms in total. The molecule has 162 valence electrons. The van der Waals surface area contributed by atoms with E-state index in [0.717, 1.165) is 15.6 Å². The predicted octanol–water partition coefficient (Wildman–Crippen LogP) is 6.53. The molecule has 0 amide bonds. The van der Waals surface area contributed by atoms with E-state index in [1.54, 1.807) is 19.1 Å². The summed E-state index contributed by atoms with van der Waals surface area (Å²) in [7, 11) is 0. The molecule has 0 saturated heterocycles. The van der Waals surface area contributed by atoms with Crippen LogP contribution in [0.15, 0.2) is 83.3 Å². The monoisotopic (exact) mass is 480 g/mol. The molecular weight excluding hydrogens is 452 g/mol. The smallest absolute Gasteiger partial charge is 0.163 e. The van der Waals surface area contributed by atoms with Crippen LogP contribution in [0.5, 0.6) is 0 Å². The van der Waals surface area contributed by atoms with Crippen molar-refractivity contribution in [1.82, 2.24) is 0 Å². The third-order valence-corrected chi connectivity index (χ3v) is 5.49. The van der Waals surface area contributed by atoms with Gasteiger partial charge in [-0.05, 0) is 35.2 Å². The van der Waals surface area contributed by atoms with Crippen LogP contribution in [0.1, 0.15) is 42.6 Å². The average molecular weight is 481 g/mol. The molecule has 1 atom stereocenters. The van der Waals surface area contributed by atoms with Crippen LogP contribution in [0.25, 0.3) is 11.1 Å². The zero-order chi connectivity index (χ0) is 22.6. The van der Waals surface area contributed by atoms with Crippen LogP contribution < -0.4 is 0 Å². The molecule has 3 aromatic rings. The Morgan fingerprint density at radius 1 is 0.871 bits per heavy atom. The van der Waals surface area contributed by atoms with Crippen LogP contribution in [-0.2, 0) is 11.2 Å². The second-order valence-electron chi connectivity index (χ2n) is 7.47. The number of rotatable bonds is 8. The first kappa shape index (κ1) is 24.7. The van der Waals surface area contributed by atoms with E-state index in [1.165, 1.54) is 18.4 Å². The summed E-state index contributed by atoms with van der Waals surface area (Å²) >= 11 is 3.40. The van der Waals surface area contributed by atoms with E-state index in [1.807, 2.05) is 36.4 Å². The largest absolute Gasteiger partial charge is 0.389 e. The number of hydrogen-bond donors (Lipinski definition) is 1. The molecule has 31 heavy (non-hydrogen) atoms. The van der Waals surface area contributed by atoms with E-state index in [-0.39, 0.29) is 18.0 Å². The van der Waals surface area contributed by atoms with Crippen molar-refractivity contribution >= 4 is 27.5 Å². The fourth-order valence-electron chi connectivity index (χ4n) is 3.09. The minimum absolute atomic E-state index is 0.0864. The van der Waals surface area contributed by atoms with E-state index in [9.17, 15) is 9.59 Å². The summed E-state index contributed by atoms with van der Waals surface area (Å²) in [5.41, 5.74) is 4.13. The highest BCUT2D eigenvalue weighted by molar-refractivity contribution is 9.10. The van der Waals surface area contributed by atoms with E-state index in [4.69, 9.17) is 5.11 Å². The predicted molar refractivity (Wildman–Crippen MR) is 130 cm³/mol. The molecule has 4 heteroatoms. The molecule has 0 spiro atoms. The first-order chi connectivity index (χ1) is 14.9. The van der Waals surface area contributed by atoms with Gasteiger partial charge in [-0.15, -0.1) is 0 Å². The highest BCUT2D eigenvalue weighted by Gasteiger charge is 2.17. The number of ketones is 2. The van der Waals surface area contributed by atoms with Gasteiger partial charge < -0.3 is 5.11 Å². The van der Waals surface area contributed by atoms with Gasteiger partial charge in [0.25, 0.3) is 0 Å². The van der Waals surface area contributed by atoms with E-state index in [0.29, 0.717) is 5.56 Å². The second kappa shape index (κ2) is 13.0. The molecule has 0 unspecified atom stereocenters. The van der Waals surface area contributed by atoms with Crippen LogP contribution in [0.3, 0.4) is 0 Å². The van der Waals surface area contributed by atoms with Crippen molar-refractivity contribution in [3.63, 3.8) is 0 Å². The van der Waals surface area contributed by atoms with Gasteiger partial charge in [0.05, 0.1) is 0 Å². The summed E-state index contributed by atoms with van der Waals surface area (Å²) in [4.78, 5) is 23.5. The lowest BCUT2D eigenvalue weighted by atomic mass is 9.95.